The van der Waals surface area contributed by atoms with Crippen LogP contribution in [0, 0.1) is 18.3 Å². The number of carbonyl (C=O) groups excluding carboxylic acids is 1. The van der Waals surface area contributed by atoms with E-state index in [0.717, 1.165) is 24.9 Å². The summed E-state index contributed by atoms with van der Waals surface area (Å²) in [6.07, 6.45) is -1.11. The minimum absolute atomic E-state index is 0.0234. The lowest BCUT2D eigenvalue weighted by Gasteiger charge is -2.41. The Morgan fingerprint density at radius 3 is 2.70 bits per heavy atom. The van der Waals surface area contributed by atoms with E-state index in [-0.39, 0.29) is 67.1 Å². The second kappa shape index (κ2) is 12.3. The van der Waals surface area contributed by atoms with Crippen LogP contribution in [0.2, 0.25) is 0 Å². The number of nitriles is 1. The van der Waals surface area contributed by atoms with Crippen molar-refractivity contribution in [1.29, 1.82) is 5.26 Å². The van der Waals surface area contributed by atoms with Gasteiger partial charge in [0, 0.05) is 50.9 Å². The standard InChI is InChI=1S/C29H36F3N9O2/c1-4-25(42)41-11-10-40(13-19(41)7-8-33)27-21-14-39(16-23-26(29(30,31)32)18(2)12-24(34)35-23)15-22(21)36-28(37-27)43-17-20-6-5-9-38(20)3/h4,12,19-20H,1,5-7,9-11,13-17H2,2-3H3,(H2,34,35)/t19-,20-/m0/s1. The molecule has 0 radical (unpaired) electrons. The Hall–Kier alpha value is -3.96. The molecule has 1 amide bonds. The fraction of sp³-hybridized carbons (Fsp3) is 0.552. The van der Waals surface area contributed by atoms with Crippen molar-refractivity contribution in [3.05, 3.63) is 46.8 Å². The lowest BCUT2D eigenvalue weighted by Crippen LogP contribution is -2.55. The molecule has 43 heavy (non-hydrogen) atoms. The number of aryl methyl sites for hydroxylation is 1. The number of likely N-dealkylation sites (tertiary alicyclic amines) is 1. The van der Waals surface area contributed by atoms with Crippen LogP contribution < -0.4 is 15.4 Å². The number of aromatic nitrogens is 3. The van der Waals surface area contributed by atoms with Crippen LogP contribution in [-0.4, -0.2) is 87.5 Å². The van der Waals surface area contributed by atoms with Gasteiger partial charge in [-0.2, -0.15) is 28.4 Å². The molecule has 0 aromatic carbocycles. The van der Waals surface area contributed by atoms with Gasteiger partial charge in [-0.25, -0.2) is 4.98 Å². The van der Waals surface area contributed by atoms with Crippen molar-refractivity contribution in [3.8, 4) is 12.1 Å². The fourth-order valence-corrected chi connectivity index (χ4v) is 6.29. The Kier molecular flexibility index (Phi) is 8.75. The number of amides is 1. The van der Waals surface area contributed by atoms with E-state index in [2.05, 4.69) is 34.6 Å². The molecule has 5 heterocycles. The fourth-order valence-electron chi connectivity index (χ4n) is 6.29. The Morgan fingerprint density at radius 2 is 2.02 bits per heavy atom. The average Bonchev–Trinajstić information content (AvgIpc) is 3.54. The second-order valence-corrected chi connectivity index (χ2v) is 11.4. The van der Waals surface area contributed by atoms with E-state index in [9.17, 15) is 23.2 Å². The highest BCUT2D eigenvalue weighted by molar-refractivity contribution is 5.87. The van der Waals surface area contributed by atoms with Crippen LogP contribution in [0.4, 0.5) is 24.8 Å². The highest BCUT2D eigenvalue weighted by Gasteiger charge is 2.38. The molecule has 2 atom stereocenters. The quantitative estimate of drug-likeness (QED) is 0.453. The van der Waals surface area contributed by atoms with Crippen LogP contribution in [0.5, 0.6) is 6.01 Å². The summed E-state index contributed by atoms with van der Waals surface area (Å²) in [6, 6.07) is 3.46. The Labute approximate surface area is 248 Å². The summed E-state index contributed by atoms with van der Waals surface area (Å²) in [5.41, 5.74) is 6.38. The number of nitrogens with zero attached hydrogens (tertiary/aromatic N) is 8. The monoisotopic (exact) mass is 599 g/mol. The molecule has 3 aliphatic rings. The Bertz CT molecular complexity index is 1430. The summed E-state index contributed by atoms with van der Waals surface area (Å²) in [7, 11) is 2.05. The maximum absolute atomic E-state index is 14.0. The molecule has 0 saturated carbocycles. The number of ether oxygens (including phenoxy) is 1. The zero-order valence-corrected chi connectivity index (χ0v) is 24.4. The largest absolute Gasteiger partial charge is 0.462 e. The van der Waals surface area contributed by atoms with Gasteiger partial charge in [0.1, 0.15) is 18.2 Å². The van der Waals surface area contributed by atoms with Crippen molar-refractivity contribution in [3.63, 3.8) is 0 Å². The zero-order chi connectivity index (χ0) is 30.9. The maximum atomic E-state index is 14.0. The number of rotatable bonds is 8. The van der Waals surface area contributed by atoms with Gasteiger partial charge in [-0.15, -0.1) is 0 Å². The van der Waals surface area contributed by atoms with E-state index in [1.807, 2.05) is 9.80 Å². The van der Waals surface area contributed by atoms with Crippen molar-refractivity contribution in [2.24, 2.45) is 0 Å². The third-order valence-electron chi connectivity index (χ3n) is 8.42. The molecule has 3 aliphatic heterocycles. The van der Waals surface area contributed by atoms with Gasteiger partial charge >= 0.3 is 12.2 Å². The molecule has 2 aromatic rings. The normalized spacial score (nSPS) is 21.1. The molecule has 0 unspecified atom stereocenters. The predicted molar refractivity (Wildman–Crippen MR) is 153 cm³/mol. The van der Waals surface area contributed by atoms with Crippen molar-refractivity contribution in [1.82, 2.24) is 29.7 Å². The van der Waals surface area contributed by atoms with Gasteiger partial charge in [-0.3, -0.25) is 9.69 Å². The molecule has 230 valence electrons. The summed E-state index contributed by atoms with van der Waals surface area (Å²) in [5.74, 6) is 0.388. The van der Waals surface area contributed by atoms with Gasteiger partial charge in [-0.05, 0) is 51.1 Å². The number of nitrogen functional groups attached to an aromatic ring is 1. The topological polar surface area (TPSA) is 128 Å². The maximum Gasteiger partial charge on any atom is 0.418 e. The van der Waals surface area contributed by atoms with E-state index in [0.29, 0.717) is 37.8 Å². The Morgan fingerprint density at radius 1 is 1.23 bits per heavy atom. The molecule has 0 bridgehead atoms. The summed E-state index contributed by atoms with van der Waals surface area (Å²) in [6.45, 7) is 8.02. The highest BCUT2D eigenvalue weighted by atomic mass is 19.4. The number of halogens is 3. The highest BCUT2D eigenvalue weighted by Crippen LogP contribution is 2.38. The van der Waals surface area contributed by atoms with E-state index < -0.39 is 11.7 Å². The van der Waals surface area contributed by atoms with Crippen molar-refractivity contribution < 1.29 is 22.7 Å². The van der Waals surface area contributed by atoms with Crippen LogP contribution in [0.25, 0.3) is 0 Å². The molecule has 11 nitrogen and oxygen atoms in total. The second-order valence-electron chi connectivity index (χ2n) is 11.4. The van der Waals surface area contributed by atoms with Crippen LogP contribution in [-0.2, 0) is 30.6 Å². The molecule has 5 rings (SSSR count). The smallest absolute Gasteiger partial charge is 0.418 e. The third-order valence-corrected chi connectivity index (χ3v) is 8.42. The molecule has 0 aliphatic carbocycles. The first-order chi connectivity index (χ1) is 20.5. The molecular formula is C29H36F3N9O2. The molecule has 0 spiro atoms. The Balaban J connectivity index is 1.45. The predicted octanol–water partition coefficient (Wildman–Crippen LogP) is 2.89. The first-order valence-corrected chi connectivity index (χ1v) is 14.3. The number of hydrogen-bond donors (Lipinski definition) is 1. The zero-order valence-electron chi connectivity index (χ0n) is 24.4. The van der Waals surface area contributed by atoms with E-state index in [1.54, 1.807) is 4.90 Å². The van der Waals surface area contributed by atoms with E-state index in [1.165, 1.54) is 19.1 Å². The third kappa shape index (κ3) is 6.52. The number of fused-ring (bicyclic) bond motifs is 1. The summed E-state index contributed by atoms with van der Waals surface area (Å²) >= 11 is 0. The first kappa shape index (κ1) is 30.5. The van der Waals surface area contributed by atoms with Crippen molar-refractivity contribution in [2.45, 2.75) is 64.1 Å². The number of alkyl halides is 3. The lowest BCUT2D eigenvalue weighted by molar-refractivity contribution is -0.139. The van der Waals surface area contributed by atoms with Gasteiger partial charge in [-0.1, -0.05) is 6.58 Å². The number of pyridine rings is 1. The van der Waals surface area contributed by atoms with Crippen molar-refractivity contribution >= 4 is 17.5 Å². The molecule has 2 saturated heterocycles. The van der Waals surface area contributed by atoms with E-state index in [4.69, 9.17) is 15.5 Å². The number of likely N-dealkylation sites (N-methyl/N-ethyl adjacent to an activating group) is 1. The number of nitrogens with two attached hydrogens (primary N) is 1. The number of carbonyl (C=O) groups is 1. The van der Waals surface area contributed by atoms with E-state index >= 15 is 0 Å². The van der Waals surface area contributed by atoms with Gasteiger partial charge in [0.2, 0.25) is 5.91 Å². The van der Waals surface area contributed by atoms with Gasteiger partial charge in [0.05, 0.1) is 35.5 Å². The molecule has 2 fully saturated rings. The van der Waals surface area contributed by atoms with Crippen molar-refractivity contribution in [2.75, 3.05) is 50.5 Å². The summed E-state index contributed by atoms with van der Waals surface area (Å²) < 4.78 is 48.1. The van der Waals surface area contributed by atoms with Crippen LogP contribution in [0.1, 0.15) is 47.3 Å². The average molecular weight is 600 g/mol. The molecule has 2 aromatic heterocycles. The summed E-state index contributed by atoms with van der Waals surface area (Å²) in [4.78, 5) is 33.7. The lowest BCUT2D eigenvalue weighted by atomic mass is 10.1. The van der Waals surface area contributed by atoms with Crippen LogP contribution in [0.3, 0.4) is 0 Å². The minimum atomic E-state index is -4.58. The number of piperazine rings is 1. The number of anilines is 2. The molecule has 14 heteroatoms. The molecule has 2 N–H and O–H groups in total. The first-order valence-electron chi connectivity index (χ1n) is 14.3. The van der Waals surface area contributed by atoms with Gasteiger partial charge in [0.25, 0.3) is 0 Å². The molecular weight excluding hydrogens is 563 g/mol. The SMILES string of the molecule is C=CC(=O)N1CCN(c2nc(OC[C@@H]3CCCN3C)nc3c2CN(Cc2nc(N)cc(C)c2C(F)(F)F)C3)C[C@@H]1CC#N. The van der Waals surface area contributed by atoms with Crippen LogP contribution in [0.15, 0.2) is 18.7 Å². The summed E-state index contributed by atoms with van der Waals surface area (Å²) in [5, 5.41) is 9.45. The van der Waals surface area contributed by atoms with Crippen LogP contribution >= 0.6 is 0 Å². The minimum Gasteiger partial charge on any atom is -0.462 e. The van der Waals surface area contributed by atoms with Gasteiger partial charge in [0.15, 0.2) is 0 Å². The van der Waals surface area contributed by atoms with Gasteiger partial charge < -0.3 is 25.2 Å². The number of hydrogen-bond acceptors (Lipinski definition) is 10.